The van der Waals surface area contributed by atoms with Crippen molar-refractivity contribution >= 4 is 17.4 Å². The van der Waals surface area contributed by atoms with Gasteiger partial charge in [0.2, 0.25) is 0 Å². The Hall–Kier alpha value is -3.56. The minimum atomic E-state index is 0.0535. The van der Waals surface area contributed by atoms with E-state index in [0.717, 1.165) is 49.3 Å². The van der Waals surface area contributed by atoms with E-state index in [4.69, 9.17) is 5.26 Å². The van der Waals surface area contributed by atoms with Gasteiger partial charge in [0, 0.05) is 37.6 Å². The van der Waals surface area contributed by atoms with Crippen LogP contribution < -0.4 is 4.48 Å². The maximum Gasteiger partial charge on any atom is 0.253 e. The molecule has 0 N–H and O–H groups in total. The molecule has 2 saturated heterocycles. The van der Waals surface area contributed by atoms with Gasteiger partial charge >= 0.3 is 0 Å². The fraction of sp³-hybridized carbons (Fsp3) is 0.333. The van der Waals surface area contributed by atoms with Crippen molar-refractivity contribution in [3.63, 3.8) is 0 Å². The molecule has 0 atom stereocenters. The molecule has 5 rings (SSSR count). The number of hydrogen-bond acceptors (Lipinski definition) is 4. The molecule has 3 heterocycles. The van der Waals surface area contributed by atoms with Crippen molar-refractivity contribution in [2.75, 3.05) is 26.2 Å². The Bertz CT molecular complexity index is 1140. The molecule has 3 aromatic rings. The van der Waals surface area contributed by atoms with Gasteiger partial charge in [0.25, 0.3) is 11.7 Å². The van der Waals surface area contributed by atoms with Gasteiger partial charge in [0.15, 0.2) is 0 Å². The Morgan fingerprint density at radius 1 is 0.970 bits per heavy atom. The van der Waals surface area contributed by atoms with Crippen LogP contribution in [0.1, 0.15) is 53.1 Å². The van der Waals surface area contributed by atoms with E-state index in [1.807, 2.05) is 11.0 Å². The molecule has 0 unspecified atom stereocenters. The predicted octanol–water partition coefficient (Wildman–Crippen LogP) is 4.80. The zero-order valence-electron chi connectivity index (χ0n) is 18.7. The number of hydrogen-bond donors (Lipinski definition) is 0. The fourth-order valence-corrected chi connectivity index (χ4v) is 5.33. The first-order valence-electron chi connectivity index (χ1n) is 11.7. The zero-order valence-corrected chi connectivity index (χ0v) is 18.7. The summed E-state index contributed by atoms with van der Waals surface area (Å²) in [5.41, 5.74) is 3.86. The second kappa shape index (κ2) is 9.13. The molecule has 0 spiro atoms. The van der Waals surface area contributed by atoms with E-state index in [2.05, 4.69) is 46.6 Å². The second-order valence-electron chi connectivity index (χ2n) is 9.05. The highest BCUT2D eigenvalue weighted by molar-refractivity contribution is 5.94. The molecule has 166 valence electrons. The minimum absolute atomic E-state index is 0.0535. The molecule has 33 heavy (non-hydrogen) atoms. The molecule has 0 radical (unpaired) electrons. The lowest BCUT2D eigenvalue weighted by molar-refractivity contribution is 0.0713. The molecule has 6 heteroatoms. The monoisotopic (exact) mass is 438 g/mol. The number of amides is 1. The number of nitriles is 1. The van der Waals surface area contributed by atoms with Crippen LogP contribution in [0.3, 0.4) is 0 Å². The van der Waals surface area contributed by atoms with E-state index in [9.17, 15) is 4.79 Å². The number of piperidine rings is 1. The quantitative estimate of drug-likeness (QED) is 0.549. The summed E-state index contributed by atoms with van der Waals surface area (Å²) in [5.74, 6) is 1.54. The van der Waals surface area contributed by atoms with Gasteiger partial charge in [0.1, 0.15) is 5.69 Å². The summed E-state index contributed by atoms with van der Waals surface area (Å²) in [6.07, 6.45) is 6.06. The second-order valence-corrected chi connectivity index (χ2v) is 9.05. The lowest BCUT2D eigenvalue weighted by Crippen LogP contribution is -2.41. The zero-order chi connectivity index (χ0) is 22.7. The van der Waals surface area contributed by atoms with Gasteiger partial charge in [-0.3, -0.25) is 4.79 Å². The lowest BCUT2D eigenvalue weighted by atomic mass is 9.89. The number of nitrogens with zero attached hydrogens (tertiary/aromatic N) is 5. The molecule has 1 amide bonds. The van der Waals surface area contributed by atoms with Gasteiger partial charge in [-0.15, -0.1) is 0 Å². The average Bonchev–Trinajstić information content (AvgIpc) is 3.40. The molecule has 2 fully saturated rings. The lowest BCUT2D eigenvalue weighted by Gasteiger charge is -2.33. The highest BCUT2D eigenvalue weighted by atomic mass is 16.2. The van der Waals surface area contributed by atoms with Crippen LogP contribution >= 0.6 is 0 Å². The van der Waals surface area contributed by atoms with Crippen LogP contribution in [0.4, 0.5) is 11.5 Å². The summed E-state index contributed by atoms with van der Waals surface area (Å²) in [6.45, 7) is 3.64. The Morgan fingerprint density at radius 3 is 2.27 bits per heavy atom. The Balaban J connectivity index is 1.26. The fourth-order valence-electron chi connectivity index (χ4n) is 5.33. The van der Waals surface area contributed by atoms with E-state index < -0.39 is 0 Å². The smallest absolute Gasteiger partial charge is 0.253 e. The van der Waals surface area contributed by atoms with E-state index in [-0.39, 0.29) is 5.91 Å². The maximum atomic E-state index is 12.8. The van der Waals surface area contributed by atoms with Gasteiger partial charge in [-0.05, 0) is 66.8 Å². The Kier molecular flexibility index (Phi) is 5.89. The summed E-state index contributed by atoms with van der Waals surface area (Å²) in [5, 5.41) is 17.5. The van der Waals surface area contributed by atoms with E-state index in [1.165, 1.54) is 24.1 Å². The van der Waals surface area contributed by atoms with Crippen molar-refractivity contribution in [3.8, 4) is 6.07 Å². The highest BCUT2D eigenvalue weighted by Crippen LogP contribution is 2.39. The third-order valence-corrected chi connectivity index (χ3v) is 7.23. The minimum Gasteiger partial charge on any atom is -0.339 e. The summed E-state index contributed by atoms with van der Waals surface area (Å²) in [7, 11) is 0. The van der Waals surface area contributed by atoms with Gasteiger partial charge < -0.3 is 4.90 Å². The van der Waals surface area contributed by atoms with Crippen molar-refractivity contribution in [1.29, 1.82) is 5.26 Å². The number of rotatable bonds is 4. The number of likely N-dealkylation sites (tertiary alicyclic amines) is 1. The third kappa shape index (κ3) is 4.12. The molecule has 2 aliphatic heterocycles. The summed E-state index contributed by atoms with van der Waals surface area (Å²) >= 11 is 0. The Labute approximate surface area is 194 Å². The van der Waals surface area contributed by atoms with Crippen LogP contribution in [0.15, 0.2) is 66.9 Å². The van der Waals surface area contributed by atoms with Gasteiger partial charge in [0.05, 0.1) is 30.9 Å². The van der Waals surface area contributed by atoms with Crippen LogP contribution in [-0.2, 0) is 0 Å². The first kappa shape index (κ1) is 21.3. The van der Waals surface area contributed by atoms with Crippen molar-refractivity contribution < 1.29 is 4.79 Å². The molecule has 6 nitrogen and oxygen atoms in total. The largest absolute Gasteiger partial charge is 0.339 e. The summed E-state index contributed by atoms with van der Waals surface area (Å²) in [6, 6.07) is 22.2. The molecular formula is C27H28N5O+. The average molecular weight is 439 g/mol. The molecule has 2 aliphatic rings. The number of benzene rings is 2. The van der Waals surface area contributed by atoms with Crippen LogP contribution in [0, 0.1) is 11.3 Å². The summed E-state index contributed by atoms with van der Waals surface area (Å²) in [4.78, 5) is 14.8. The van der Waals surface area contributed by atoms with Crippen molar-refractivity contribution in [2.24, 2.45) is 0 Å². The SMILES string of the molecule is N#Cc1ccc(C(=O)N2CCC(c3ccc([N+]4(c5cccnn5)CCCC4)cc3)CC2)cc1. The standard InChI is InChI=1S/C27H28N5O/c28-20-21-5-7-24(8-6-21)27(33)31-16-13-23(14-17-31)22-9-11-25(12-10-22)32(18-1-2-19-32)26-4-3-15-29-30-26/h3-12,15,23H,1-2,13-14,16-19H2/q+1. The number of carbonyl (C=O) groups is 1. The molecule has 0 bridgehead atoms. The number of aromatic nitrogens is 2. The predicted molar refractivity (Wildman–Crippen MR) is 128 cm³/mol. The Morgan fingerprint density at radius 2 is 1.67 bits per heavy atom. The van der Waals surface area contributed by atoms with Crippen molar-refractivity contribution in [3.05, 3.63) is 83.6 Å². The highest BCUT2D eigenvalue weighted by Gasteiger charge is 2.38. The van der Waals surface area contributed by atoms with Crippen LogP contribution in [0.2, 0.25) is 0 Å². The molecule has 0 aliphatic carbocycles. The number of quaternary nitrogens is 1. The number of carbonyl (C=O) groups excluding carboxylic acids is 1. The maximum absolute atomic E-state index is 12.8. The molecule has 2 aromatic carbocycles. The van der Waals surface area contributed by atoms with Gasteiger partial charge in [-0.25, -0.2) is 4.48 Å². The van der Waals surface area contributed by atoms with Gasteiger partial charge in [-0.2, -0.15) is 10.4 Å². The van der Waals surface area contributed by atoms with E-state index in [0.29, 0.717) is 17.0 Å². The van der Waals surface area contributed by atoms with Crippen molar-refractivity contribution in [2.45, 2.75) is 31.6 Å². The van der Waals surface area contributed by atoms with Crippen LogP contribution in [-0.4, -0.2) is 47.2 Å². The van der Waals surface area contributed by atoms with Crippen molar-refractivity contribution in [1.82, 2.24) is 19.6 Å². The van der Waals surface area contributed by atoms with Crippen LogP contribution in [0.25, 0.3) is 0 Å². The summed E-state index contributed by atoms with van der Waals surface area (Å²) < 4.78 is 0.783. The normalized spacial score (nSPS) is 18.1. The first-order chi connectivity index (χ1) is 16.2. The van der Waals surface area contributed by atoms with Gasteiger partial charge in [-0.1, -0.05) is 17.2 Å². The van der Waals surface area contributed by atoms with Crippen LogP contribution in [0.5, 0.6) is 0 Å². The first-order valence-corrected chi connectivity index (χ1v) is 11.7. The van der Waals surface area contributed by atoms with E-state index >= 15 is 0 Å². The molecule has 1 aromatic heterocycles. The van der Waals surface area contributed by atoms with E-state index in [1.54, 1.807) is 30.5 Å². The third-order valence-electron chi connectivity index (χ3n) is 7.23. The molecular weight excluding hydrogens is 410 g/mol. The topological polar surface area (TPSA) is 69.9 Å². The molecule has 0 saturated carbocycles.